The van der Waals surface area contributed by atoms with Crippen molar-refractivity contribution in [1.82, 2.24) is 10.6 Å². The third-order valence-electron chi connectivity index (χ3n) is 6.78. The number of aliphatic imine (C=N–C) groups is 1. The number of hydrogen-bond donors (Lipinski definition) is 2. The van der Waals surface area contributed by atoms with Crippen LogP contribution in [0.25, 0.3) is 0 Å². The molecule has 0 aliphatic carbocycles. The Balaban J connectivity index is 1.43. The molecule has 3 aliphatic rings. The zero-order valence-electron chi connectivity index (χ0n) is 18.2. The molecule has 7 heteroatoms. The number of dihydropyridines is 1. The van der Waals surface area contributed by atoms with E-state index in [4.69, 9.17) is 0 Å². The Hall–Kier alpha value is -1.99. The molecule has 1 aromatic rings. The van der Waals surface area contributed by atoms with Gasteiger partial charge >= 0.3 is 0 Å². The average Bonchev–Trinajstić information content (AvgIpc) is 3.34. The van der Waals surface area contributed by atoms with Gasteiger partial charge in [0.05, 0.1) is 16.5 Å². The lowest BCUT2D eigenvalue weighted by Crippen LogP contribution is -2.41. The smallest absolute Gasteiger partial charge is 0.254 e. The molecule has 3 aliphatic heterocycles. The lowest BCUT2D eigenvalue weighted by Gasteiger charge is -2.35. The Morgan fingerprint density at radius 2 is 2.03 bits per heavy atom. The standard InChI is InChI=1S/C23H32N4O2S/c1-14-11-15(2)26-22(29)18(14)12-25-21(28)19-13-30-23(16(19)3)27-10-4-5-20(27)17-6-8-24-9-7-17/h11,13,17-18,20,24H,4-10,12H2,1-3H3,(H,25,28). The van der Waals surface area contributed by atoms with E-state index in [2.05, 4.69) is 27.4 Å². The fourth-order valence-electron chi connectivity index (χ4n) is 5.12. The molecule has 0 spiro atoms. The highest BCUT2D eigenvalue weighted by Gasteiger charge is 2.34. The van der Waals surface area contributed by atoms with Crippen molar-refractivity contribution < 1.29 is 9.59 Å². The number of anilines is 1. The third kappa shape index (κ3) is 4.23. The topological polar surface area (TPSA) is 73.8 Å². The van der Waals surface area contributed by atoms with Gasteiger partial charge in [0, 0.05) is 30.2 Å². The molecular formula is C23H32N4O2S. The number of carbonyl (C=O) groups excluding carboxylic acids is 2. The minimum absolute atomic E-state index is 0.0977. The van der Waals surface area contributed by atoms with Crippen molar-refractivity contribution in [2.75, 3.05) is 31.1 Å². The van der Waals surface area contributed by atoms with Crippen LogP contribution in [0.1, 0.15) is 55.5 Å². The molecule has 0 saturated carbocycles. The van der Waals surface area contributed by atoms with Crippen molar-refractivity contribution in [2.24, 2.45) is 16.8 Å². The van der Waals surface area contributed by atoms with Gasteiger partial charge in [-0.2, -0.15) is 0 Å². The average molecular weight is 429 g/mol. The number of piperidine rings is 1. The second-order valence-electron chi connectivity index (χ2n) is 8.81. The van der Waals surface area contributed by atoms with Crippen molar-refractivity contribution >= 4 is 33.9 Å². The summed E-state index contributed by atoms with van der Waals surface area (Å²) in [5, 5.41) is 9.66. The SMILES string of the molecule is CC1=CC(C)=NC(=O)C1CNC(=O)c1csc(N2CCCC2C2CCNCC2)c1C. The second kappa shape index (κ2) is 9.02. The van der Waals surface area contributed by atoms with Crippen molar-refractivity contribution in [1.29, 1.82) is 0 Å². The Morgan fingerprint density at radius 1 is 1.27 bits per heavy atom. The van der Waals surface area contributed by atoms with E-state index in [1.165, 1.54) is 30.7 Å². The maximum absolute atomic E-state index is 12.9. The summed E-state index contributed by atoms with van der Waals surface area (Å²) in [7, 11) is 0. The summed E-state index contributed by atoms with van der Waals surface area (Å²) >= 11 is 1.68. The molecular weight excluding hydrogens is 396 g/mol. The third-order valence-corrected chi connectivity index (χ3v) is 7.90. The molecule has 2 fully saturated rings. The molecule has 0 radical (unpaired) electrons. The largest absolute Gasteiger partial charge is 0.360 e. The Morgan fingerprint density at radius 3 is 2.77 bits per heavy atom. The van der Waals surface area contributed by atoms with Crippen molar-refractivity contribution in [3.63, 3.8) is 0 Å². The first-order valence-corrected chi connectivity index (χ1v) is 11.9. The monoisotopic (exact) mass is 428 g/mol. The van der Waals surface area contributed by atoms with Gasteiger partial charge < -0.3 is 15.5 Å². The summed E-state index contributed by atoms with van der Waals surface area (Å²) in [4.78, 5) is 31.7. The van der Waals surface area contributed by atoms with Gasteiger partial charge in [-0.3, -0.25) is 9.59 Å². The van der Waals surface area contributed by atoms with Crippen LogP contribution < -0.4 is 15.5 Å². The van der Waals surface area contributed by atoms with Crippen LogP contribution in [-0.4, -0.2) is 49.7 Å². The fraction of sp³-hybridized carbons (Fsp3) is 0.609. The van der Waals surface area contributed by atoms with E-state index >= 15 is 0 Å². The molecule has 2 amide bonds. The second-order valence-corrected chi connectivity index (χ2v) is 9.67. The normalized spacial score (nSPS) is 25.3. The van der Waals surface area contributed by atoms with Crippen LogP contribution in [0.3, 0.4) is 0 Å². The van der Waals surface area contributed by atoms with Crippen LogP contribution in [-0.2, 0) is 4.79 Å². The van der Waals surface area contributed by atoms with Gasteiger partial charge in [-0.1, -0.05) is 5.57 Å². The molecule has 2 saturated heterocycles. The highest BCUT2D eigenvalue weighted by molar-refractivity contribution is 7.14. The predicted octanol–water partition coefficient (Wildman–Crippen LogP) is 3.32. The molecule has 0 aromatic carbocycles. The first-order valence-electron chi connectivity index (χ1n) is 11.1. The van der Waals surface area contributed by atoms with Crippen molar-refractivity contribution in [3.05, 3.63) is 28.2 Å². The molecule has 2 N–H and O–H groups in total. The van der Waals surface area contributed by atoms with E-state index in [1.807, 2.05) is 25.3 Å². The van der Waals surface area contributed by atoms with Crippen LogP contribution in [0.2, 0.25) is 0 Å². The maximum atomic E-state index is 12.9. The van der Waals surface area contributed by atoms with E-state index < -0.39 is 0 Å². The molecule has 6 nitrogen and oxygen atoms in total. The van der Waals surface area contributed by atoms with E-state index in [9.17, 15) is 9.59 Å². The molecule has 2 unspecified atom stereocenters. The number of carbonyl (C=O) groups is 2. The van der Waals surface area contributed by atoms with Gasteiger partial charge in [-0.05, 0) is 77.1 Å². The van der Waals surface area contributed by atoms with Gasteiger partial charge in [0.1, 0.15) is 0 Å². The quantitative estimate of drug-likeness (QED) is 0.755. The summed E-state index contributed by atoms with van der Waals surface area (Å²) in [5.41, 5.74) is 3.48. The lowest BCUT2D eigenvalue weighted by molar-refractivity contribution is -0.120. The molecule has 30 heavy (non-hydrogen) atoms. The molecule has 2 atom stereocenters. The first kappa shape index (κ1) is 21.2. The van der Waals surface area contributed by atoms with E-state index in [1.54, 1.807) is 11.3 Å². The van der Waals surface area contributed by atoms with Crippen LogP contribution in [0.15, 0.2) is 22.0 Å². The first-order chi connectivity index (χ1) is 14.5. The molecule has 0 bridgehead atoms. The summed E-state index contributed by atoms with van der Waals surface area (Å²) in [6.45, 7) is 9.41. The highest BCUT2D eigenvalue weighted by atomic mass is 32.1. The number of allylic oxidation sites excluding steroid dienone is 1. The highest BCUT2D eigenvalue weighted by Crippen LogP contribution is 2.39. The zero-order chi connectivity index (χ0) is 21.3. The Labute approximate surface area is 182 Å². The number of nitrogens with zero attached hydrogens (tertiary/aromatic N) is 2. The van der Waals surface area contributed by atoms with Gasteiger partial charge in [-0.15, -0.1) is 11.3 Å². The maximum Gasteiger partial charge on any atom is 0.254 e. The summed E-state index contributed by atoms with van der Waals surface area (Å²) in [6.07, 6.45) is 6.87. The van der Waals surface area contributed by atoms with Gasteiger partial charge in [-0.25, -0.2) is 4.99 Å². The lowest BCUT2D eigenvalue weighted by atomic mass is 9.88. The molecule has 162 valence electrons. The van der Waals surface area contributed by atoms with E-state index in [0.29, 0.717) is 12.6 Å². The minimum Gasteiger partial charge on any atom is -0.360 e. The van der Waals surface area contributed by atoms with E-state index in [-0.39, 0.29) is 17.7 Å². The van der Waals surface area contributed by atoms with Crippen LogP contribution in [0, 0.1) is 18.8 Å². The molecule has 1 aromatic heterocycles. The van der Waals surface area contributed by atoms with Crippen LogP contribution >= 0.6 is 11.3 Å². The Kier molecular flexibility index (Phi) is 6.39. The number of amides is 2. The number of thiophene rings is 1. The fourth-order valence-corrected chi connectivity index (χ4v) is 6.29. The van der Waals surface area contributed by atoms with Crippen LogP contribution in [0.5, 0.6) is 0 Å². The predicted molar refractivity (Wildman–Crippen MR) is 123 cm³/mol. The number of nitrogens with one attached hydrogen (secondary N) is 2. The number of rotatable bonds is 5. The summed E-state index contributed by atoms with van der Waals surface area (Å²) < 4.78 is 0. The summed E-state index contributed by atoms with van der Waals surface area (Å²) in [6, 6.07) is 0.592. The molecule has 4 heterocycles. The van der Waals surface area contributed by atoms with E-state index in [0.717, 1.165) is 48.0 Å². The van der Waals surface area contributed by atoms with Gasteiger partial charge in [0.2, 0.25) is 0 Å². The van der Waals surface area contributed by atoms with Crippen molar-refractivity contribution in [2.45, 2.75) is 52.5 Å². The van der Waals surface area contributed by atoms with Crippen molar-refractivity contribution in [3.8, 4) is 0 Å². The van der Waals surface area contributed by atoms with Gasteiger partial charge in [0.25, 0.3) is 11.8 Å². The van der Waals surface area contributed by atoms with Gasteiger partial charge in [0.15, 0.2) is 0 Å². The Bertz CT molecular complexity index is 882. The van der Waals surface area contributed by atoms with Crippen LogP contribution in [0.4, 0.5) is 5.00 Å². The number of hydrogen-bond acceptors (Lipinski definition) is 5. The summed E-state index contributed by atoms with van der Waals surface area (Å²) in [5.74, 6) is 0.111. The zero-order valence-corrected chi connectivity index (χ0v) is 19.0. The minimum atomic E-state index is -0.362. The molecule has 4 rings (SSSR count).